The molecule has 6 nitrogen and oxygen atoms in total. The molecule has 7 heteroatoms. The van der Waals surface area contributed by atoms with Crippen LogP contribution < -0.4 is 0 Å². The molecule has 19 heavy (non-hydrogen) atoms. The van der Waals surface area contributed by atoms with Crippen LogP contribution in [0.1, 0.15) is 15.9 Å². The van der Waals surface area contributed by atoms with Gasteiger partial charge in [0.05, 0.1) is 17.6 Å². The van der Waals surface area contributed by atoms with Gasteiger partial charge in [0.1, 0.15) is 5.82 Å². The zero-order chi connectivity index (χ0) is 14.0. The van der Waals surface area contributed by atoms with Crippen LogP contribution in [0.4, 0.5) is 4.39 Å². The first-order chi connectivity index (χ1) is 9.02. The lowest BCUT2D eigenvalue weighted by Crippen LogP contribution is -2.02. The summed E-state index contributed by atoms with van der Waals surface area (Å²) in [7, 11) is 1.18. The summed E-state index contributed by atoms with van der Waals surface area (Å²) in [6, 6.07) is 2.23. The Hall–Kier alpha value is -2.70. The number of esters is 1. The molecule has 0 atom stereocenters. The standard InChI is InChI=1S/C12H9FN2O4/c1-19-12(16)9-4-8(13)5-10-11(9)7(6-14-10)2-3-15(17)18/h2-6,14H,1H3/b3-2+. The zero-order valence-electron chi connectivity index (χ0n) is 9.84. The van der Waals surface area contributed by atoms with Crippen molar-refractivity contribution in [2.75, 3.05) is 7.11 Å². The number of H-pyrrole nitrogens is 1. The number of carbonyl (C=O) groups excluding carboxylic acids is 1. The van der Waals surface area contributed by atoms with Crippen LogP contribution in [0.25, 0.3) is 17.0 Å². The van der Waals surface area contributed by atoms with Crippen LogP contribution in [-0.2, 0) is 4.74 Å². The third-order valence-electron chi connectivity index (χ3n) is 2.56. The summed E-state index contributed by atoms with van der Waals surface area (Å²) in [5, 5.41) is 10.7. The smallest absolute Gasteiger partial charge is 0.338 e. The van der Waals surface area contributed by atoms with Crippen molar-refractivity contribution in [3.8, 4) is 0 Å². The molecule has 0 aliphatic heterocycles. The molecule has 1 N–H and O–H groups in total. The molecule has 0 saturated carbocycles. The highest BCUT2D eigenvalue weighted by molar-refractivity contribution is 6.07. The Bertz CT molecular complexity index is 690. The van der Waals surface area contributed by atoms with Crippen LogP contribution in [-0.4, -0.2) is 23.0 Å². The summed E-state index contributed by atoms with van der Waals surface area (Å²) in [5.41, 5.74) is 0.789. The number of carbonyl (C=O) groups is 1. The second-order valence-electron chi connectivity index (χ2n) is 3.71. The lowest BCUT2D eigenvalue weighted by Gasteiger charge is -2.02. The number of fused-ring (bicyclic) bond motifs is 1. The number of ether oxygens (including phenoxy) is 1. The molecule has 0 fully saturated rings. The second-order valence-corrected chi connectivity index (χ2v) is 3.71. The average Bonchev–Trinajstić information content (AvgIpc) is 2.77. The van der Waals surface area contributed by atoms with Gasteiger partial charge in [-0.05, 0) is 12.1 Å². The van der Waals surface area contributed by atoms with Crippen LogP contribution in [0.2, 0.25) is 0 Å². The largest absolute Gasteiger partial charge is 0.465 e. The molecular formula is C12H9FN2O4. The van der Waals surface area contributed by atoms with Gasteiger partial charge in [-0.25, -0.2) is 9.18 Å². The van der Waals surface area contributed by atoms with Gasteiger partial charge in [0.25, 0.3) is 0 Å². The van der Waals surface area contributed by atoms with Gasteiger partial charge >= 0.3 is 5.97 Å². The minimum Gasteiger partial charge on any atom is -0.465 e. The van der Waals surface area contributed by atoms with Gasteiger partial charge < -0.3 is 9.72 Å². The first kappa shape index (κ1) is 12.7. The van der Waals surface area contributed by atoms with Gasteiger partial charge in [-0.1, -0.05) is 0 Å². The Balaban J connectivity index is 2.68. The number of benzene rings is 1. The predicted molar refractivity (Wildman–Crippen MR) is 65.6 cm³/mol. The Morgan fingerprint density at radius 3 is 2.89 bits per heavy atom. The monoisotopic (exact) mass is 264 g/mol. The average molecular weight is 264 g/mol. The van der Waals surface area contributed by atoms with Crippen LogP contribution in [0.5, 0.6) is 0 Å². The van der Waals surface area contributed by atoms with Crippen molar-refractivity contribution >= 4 is 22.9 Å². The summed E-state index contributed by atoms with van der Waals surface area (Å²) in [6.45, 7) is 0. The lowest BCUT2D eigenvalue weighted by molar-refractivity contribution is -0.400. The van der Waals surface area contributed by atoms with Crippen LogP contribution in [0, 0.1) is 15.9 Å². The van der Waals surface area contributed by atoms with Crippen LogP contribution in [0.3, 0.4) is 0 Å². The molecule has 0 aliphatic carbocycles. The lowest BCUT2D eigenvalue weighted by atomic mass is 10.1. The van der Waals surface area contributed by atoms with Crippen molar-refractivity contribution in [1.29, 1.82) is 0 Å². The maximum atomic E-state index is 13.4. The van der Waals surface area contributed by atoms with Gasteiger partial charge in [-0.15, -0.1) is 0 Å². The summed E-state index contributed by atoms with van der Waals surface area (Å²) in [5.74, 6) is -1.31. The van der Waals surface area contributed by atoms with E-state index in [1.54, 1.807) is 0 Å². The van der Waals surface area contributed by atoms with E-state index in [4.69, 9.17) is 0 Å². The van der Waals surface area contributed by atoms with Crippen LogP contribution >= 0.6 is 0 Å². The summed E-state index contributed by atoms with van der Waals surface area (Å²) >= 11 is 0. The molecule has 0 amide bonds. The van der Waals surface area contributed by atoms with Gasteiger partial charge in [-0.3, -0.25) is 10.1 Å². The minimum absolute atomic E-state index is 0.0155. The molecule has 0 unspecified atom stereocenters. The highest BCUT2D eigenvalue weighted by Gasteiger charge is 2.16. The van der Waals surface area contributed by atoms with E-state index in [1.165, 1.54) is 25.4 Å². The molecule has 0 spiro atoms. The fraction of sp³-hybridized carbons (Fsp3) is 0.0833. The molecule has 0 aliphatic rings. The van der Waals surface area contributed by atoms with Crippen molar-refractivity contribution in [2.24, 2.45) is 0 Å². The number of aromatic amines is 1. The second kappa shape index (κ2) is 4.89. The molecule has 0 radical (unpaired) electrons. The van der Waals surface area contributed by atoms with Gasteiger partial charge in [-0.2, -0.15) is 0 Å². The Kier molecular flexibility index (Phi) is 3.28. The van der Waals surface area contributed by atoms with Gasteiger partial charge in [0, 0.05) is 28.7 Å². The van der Waals surface area contributed by atoms with Crippen molar-refractivity contribution in [3.05, 3.63) is 51.6 Å². The third-order valence-corrected chi connectivity index (χ3v) is 2.56. The molecule has 1 aromatic heterocycles. The third kappa shape index (κ3) is 2.44. The van der Waals surface area contributed by atoms with Gasteiger partial charge in [0.2, 0.25) is 6.20 Å². The number of nitrogens with one attached hydrogen (secondary N) is 1. The summed E-state index contributed by atoms with van der Waals surface area (Å²) in [4.78, 5) is 24.0. The van der Waals surface area contributed by atoms with E-state index in [9.17, 15) is 19.3 Å². The van der Waals surface area contributed by atoms with Crippen molar-refractivity contribution in [3.63, 3.8) is 0 Å². The summed E-state index contributed by atoms with van der Waals surface area (Å²) < 4.78 is 17.9. The first-order valence-electron chi connectivity index (χ1n) is 5.23. The maximum Gasteiger partial charge on any atom is 0.338 e. The van der Waals surface area contributed by atoms with Crippen molar-refractivity contribution in [2.45, 2.75) is 0 Å². The number of hydrogen-bond acceptors (Lipinski definition) is 4. The number of nitro groups is 1. The summed E-state index contributed by atoms with van der Waals surface area (Å²) in [6.07, 6.45) is 3.42. The van der Waals surface area contributed by atoms with E-state index >= 15 is 0 Å². The predicted octanol–water partition coefficient (Wildman–Crippen LogP) is 2.34. The molecule has 0 saturated heterocycles. The molecule has 98 valence electrons. The number of methoxy groups -OCH3 is 1. The van der Waals surface area contributed by atoms with Gasteiger partial charge in [0.15, 0.2) is 0 Å². The molecule has 0 bridgehead atoms. The van der Waals surface area contributed by atoms with E-state index in [2.05, 4.69) is 9.72 Å². The molecule has 1 heterocycles. The normalized spacial score (nSPS) is 11.1. The van der Waals surface area contributed by atoms with E-state index in [0.717, 1.165) is 12.3 Å². The molecule has 2 aromatic rings. The number of aromatic nitrogens is 1. The fourth-order valence-electron chi connectivity index (χ4n) is 1.80. The number of hydrogen-bond donors (Lipinski definition) is 1. The maximum absolute atomic E-state index is 13.4. The first-order valence-corrected chi connectivity index (χ1v) is 5.23. The van der Waals surface area contributed by atoms with E-state index < -0.39 is 16.7 Å². The Morgan fingerprint density at radius 2 is 2.26 bits per heavy atom. The SMILES string of the molecule is COC(=O)c1cc(F)cc2[nH]cc(/C=C/[N+](=O)[O-])c12. The highest BCUT2D eigenvalue weighted by atomic mass is 19.1. The number of nitrogens with zero attached hydrogens (tertiary/aromatic N) is 1. The van der Waals surface area contributed by atoms with E-state index in [1.807, 2.05) is 0 Å². The van der Waals surface area contributed by atoms with E-state index in [0.29, 0.717) is 16.5 Å². The number of halogens is 1. The van der Waals surface area contributed by atoms with Crippen molar-refractivity contribution < 1.29 is 18.8 Å². The zero-order valence-corrected chi connectivity index (χ0v) is 9.84. The minimum atomic E-state index is -0.708. The topological polar surface area (TPSA) is 85.2 Å². The fourth-order valence-corrected chi connectivity index (χ4v) is 1.80. The van der Waals surface area contributed by atoms with Crippen molar-refractivity contribution in [1.82, 2.24) is 4.98 Å². The Labute approximate surface area is 106 Å². The van der Waals surface area contributed by atoms with Crippen LogP contribution in [0.15, 0.2) is 24.5 Å². The van der Waals surface area contributed by atoms with E-state index in [-0.39, 0.29) is 5.56 Å². The highest BCUT2D eigenvalue weighted by Crippen LogP contribution is 2.25. The number of rotatable bonds is 3. The molecule has 2 rings (SSSR count). The Morgan fingerprint density at radius 1 is 1.53 bits per heavy atom. The quantitative estimate of drug-likeness (QED) is 0.523. The molecule has 1 aromatic carbocycles. The molecular weight excluding hydrogens is 255 g/mol.